The van der Waals surface area contributed by atoms with Crippen molar-refractivity contribution in [2.45, 2.75) is 13.5 Å². The van der Waals surface area contributed by atoms with E-state index in [1.54, 1.807) is 13.0 Å². The van der Waals surface area contributed by atoms with E-state index >= 15 is 0 Å². The Morgan fingerprint density at radius 1 is 1.38 bits per heavy atom. The third kappa shape index (κ3) is 3.60. The number of esters is 1. The van der Waals surface area contributed by atoms with E-state index in [4.69, 9.17) is 9.47 Å². The van der Waals surface area contributed by atoms with Gasteiger partial charge in [-0.1, -0.05) is 0 Å². The molecular weight excluding hydrogens is 315 g/mol. The number of nitrogens with one attached hydrogen (secondary N) is 1. The monoisotopic (exact) mass is 334 g/mol. The number of aromatic nitrogens is 3. The number of rotatable bonds is 5. The molecule has 2 heterocycles. The minimum Gasteiger partial charge on any atom is -0.461 e. The predicted octanol–water partition coefficient (Wildman–Crippen LogP) is 1.62. The molecule has 0 bridgehead atoms. The molecule has 24 heavy (non-hydrogen) atoms. The van der Waals surface area contributed by atoms with Gasteiger partial charge in [-0.2, -0.15) is 10.3 Å². The topological polar surface area (TPSA) is 80.3 Å². The number of halogens is 1. The molecule has 0 atom stereocenters. The average molecular weight is 334 g/mol. The van der Waals surface area contributed by atoms with Crippen molar-refractivity contribution >= 4 is 5.97 Å². The number of hydrogen-bond donors (Lipinski definition) is 1. The molecule has 0 unspecified atom stereocenters. The molecule has 0 amide bonds. The number of benzene rings is 1. The van der Waals surface area contributed by atoms with Gasteiger partial charge in [0, 0.05) is 25.2 Å². The maximum Gasteiger partial charge on any atom is 0.361 e. The van der Waals surface area contributed by atoms with Crippen LogP contribution in [0.1, 0.15) is 23.0 Å². The molecule has 128 valence electrons. The lowest BCUT2D eigenvalue weighted by molar-refractivity contribution is 0.0342. The quantitative estimate of drug-likeness (QED) is 0.837. The zero-order chi connectivity index (χ0) is 16.9. The smallest absolute Gasteiger partial charge is 0.361 e. The number of hydrogen-bond acceptors (Lipinski definition) is 6. The molecule has 1 aromatic heterocycles. The summed E-state index contributed by atoms with van der Waals surface area (Å²) >= 11 is 0. The Kier molecular flexibility index (Phi) is 5.17. The van der Waals surface area contributed by atoms with Gasteiger partial charge in [-0.25, -0.2) is 9.18 Å². The molecule has 2 aromatic rings. The third-order valence-electron chi connectivity index (χ3n) is 3.84. The van der Waals surface area contributed by atoms with Crippen molar-refractivity contribution in [1.29, 1.82) is 0 Å². The summed E-state index contributed by atoms with van der Waals surface area (Å²) in [6.07, 6.45) is 0. The fraction of sp³-hybridized carbons (Fsp3) is 0.438. The molecule has 1 aliphatic heterocycles. The van der Waals surface area contributed by atoms with Crippen LogP contribution in [0.5, 0.6) is 0 Å². The van der Waals surface area contributed by atoms with Crippen LogP contribution in [-0.4, -0.2) is 59.2 Å². The van der Waals surface area contributed by atoms with Gasteiger partial charge in [-0.05, 0) is 30.7 Å². The van der Waals surface area contributed by atoms with Crippen LogP contribution in [0.4, 0.5) is 4.39 Å². The van der Waals surface area contributed by atoms with Gasteiger partial charge in [-0.15, -0.1) is 5.10 Å². The summed E-state index contributed by atoms with van der Waals surface area (Å²) in [5, 5.41) is 10.4. The Morgan fingerprint density at radius 3 is 2.92 bits per heavy atom. The number of ether oxygens (including phenoxy) is 2. The van der Waals surface area contributed by atoms with Gasteiger partial charge in [0.15, 0.2) is 5.69 Å². The molecule has 1 saturated heterocycles. The number of morpholine rings is 1. The van der Waals surface area contributed by atoms with Crippen LogP contribution in [0.25, 0.3) is 11.3 Å². The van der Waals surface area contributed by atoms with Crippen LogP contribution in [0.3, 0.4) is 0 Å². The van der Waals surface area contributed by atoms with Crippen molar-refractivity contribution in [1.82, 2.24) is 20.3 Å². The van der Waals surface area contributed by atoms with Crippen LogP contribution in [0.15, 0.2) is 18.2 Å². The molecule has 7 nitrogen and oxygen atoms in total. The Morgan fingerprint density at radius 2 is 2.17 bits per heavy atom. The second kappa shape index (κ2) is 7.50. The first kappa shape index (κ1) is 16.5. The molecule has 0 radical (unpaired) electrons. The second-order valence-electron chi connectivity index (χ2n) is 5.43. The van der Waals surface area contributed by atoms with Gasteiger partial charge in [0.25, 0.3) is 0 Å². The van der Waals surface area contributed by atoms with Gasteiger partial charge in [0.1, 0.15) is 11.5 Å². The molecule has 0 spiro atoms. The van der Waals surface area contributed by atoms with Crippen molar-refractivity contribution in [2.24, 2.45) is 0 Å². The first-order valence-corrected chi connectivity index (χ1v) is 7.86. The van der Waals surface area contributed by atoms with E-state index in [1.165, 1.54) is 12.1 Å². The summed E-state index contributed by atoms with van der Waals surface area (Å²) in [5.41, 5.74) is 1.89. The largest absolute Gasteiger partial charge is 0.461 e. The highest BCUT2D eigenvalue weighted by atomic mass is 19.1. The molecule has 8 heteroatoms. The first-order chi connectivity index (χ1) is 11.7. The minimum atomic E-state index is -0.553. The standard InChI is InChI=1S/C16H19FN4O3/c1-2-24-16(22)15-14(18-20-19-15)13-4-3-12(17)9-11(13)10-21-5-7-23-8-6-21/h3-4,9H,2,5-8,10H2,1H3,(H,18,19,20). The van der Waals surface area contributed by atoms with E-state index in [0.717, 1.165) is 18.7 Å². The lowest BCUT2D eigenvalue weighted by atomic mass is 10.0. The molecule has 1 aromatic carbocycles. The molecular formula is C16H19FN4O3. The maximum atomic E-state index is 13.7. The Bertz CT molecular complexity index is 713. The summed E-state index contributed by atoms with van der Waals surface area (Å²) in [5.74, 6) is -0.883. The van der Waals surface area contributed by atoms with Crippen LogP contribution in [-0.2, 0) is 16.0 Å². The molecule has 1 aliphatic rings. The predicted molar refractivity (Wildman–Crippen MR) is 83.8 cm³/mol. The summed E-state index contributed by atoms with van der Waals surface area (Å²) in [6.45, 7) is 5.38. The molecule has 0 saturated carbocycles. The van der Waals surface area contributed by atoms with Gasteiger partial charge in [0.2, 0.25) is 0 Å². The SMILES string of the molecule is CCOC(=O)c1n[nH]nc1-c1ccc(F)cc1CN1CCOCC1. The highest BCUT2D eigenvalue weighted by molar-refractivity contribution is 5.94. The Labute approximate surface area is 138 Å². The van der Waals surface area contributed by atoms with E-state index in [9.17, 15) is 9.18 Å². The highest BCUT2D eigenvalue weighted by Gasteiger charge is 2.22. The molecule has 1 fully saturated rings. The van der Waals surface area contributed by atoms with Gasteiger partial charge < -0.3 is 9.47 Å². The third-order valence-corrected chi connectivity index (χ3v) is 3.84. The maximum absolute atomic E-state index is 13.7. The number of H-pyrrole nitrogens is 1. The molecule has 1 N–H and O–H groups in total. The molecule has 0 aliphatic carbocycles. The summed E-state index contributed by atoms with van der Waals surface area (Å²) in [4.78, 5) is 14.2. The highest BCUT2D eigenvalue weighted by Crippen LogP contribution is 2.26. The lowest BCUT2D eigenvalue weighted by Gasteiger charge is -2.27. The van der Waals surface area contributed by atoms with Crippen LogP contribution in [0, 0.1) is 5.82 Å². The number of carbonyl (C=O) groups is 1. The number of nitrogens with zero attached hydrogens (tertiary/aromatic N) is 3. The molecule has 3 rings (SSSR count). The van der Waals surface area contributed by atoms with Crippen LogP contribution >= 0.6 is 0 Å². The van der Waals surface area contributed by atoms with Crippen LogP contribution in [0.2, 0.25) is 0 Å². The van der Waals surface area contributed by atoms with E-state index in [1.807, 2.05) is 0 Å². The van der Waals surface area contributed by atoms with Gasteiger partial charge in [0.05, 0.1) is 19.8 Å². The van der Waals surface area contributed by atoms with Crippen molar-refractivity contribution in [3.8, 4) is 11.3 Å². The van der Waals surface area contributed by atoms with Crippen molar-refractivity contribution in [3.05, 3.63) is 35.3 Å². The van der Waals surface area contributed by atoms with E-state index in [0.29, 0.717) is 31.0 Å². The number of aromatic amines is 1. The van der Waals surface area contributed by atoms with Gasteiger partial charge in [-0.3, -0.25) is 4.90 Å². The fourth-order valence-corrected chi connectivity index (χ4v) is 2.68. The zero-order valence-corrected chi connectivity index (χ0v) is 13.4. The lowest BCUT2D eigenvalue weighted by Crippen LogP contribution is -2.35. The first-order valence-electron chi connectivity index (χ1n) is 7.86. The van der Waals surface area contributed by atoms with E-state index < -0.39 is 5.97 Å². The van der Waals surface area contributed by atoms with Gasteiger partial charge >= 0.3 is 5.97 Å². The normalized spacial score (nSPS) is 15.4. The second-order valence-corrected chi connectivity index (χ2v) is 5.43. The summed E-state index contributed by atoms with van der Waals surface area (Å²) < 4.78 is 24.1. The summed E-state index contributed by atoms with van der Waals surface area (Å²) in [7, 11) is 0. The van der Waals surface area contributed by atoms with Crippen molar-refractivity contribution in [3.63, 3.8) is 0 Å². The van der Waals surface area contributed by atoms with E-state index in [2.05, 4.69) is 20.3 Å². The van der Waals surface area contributed by atoms with Crippen molar-refractivity contribution < 1.29 is 18.7 Å². The number of carbonyl (C=O) groups excluding carboxylic acids is 1. The van der Waals surface area contributed by atoms with E-state index in [-0.39, 0.29) is 18.1 Å². The Hall–Kier alpha value is -2.32. The van der Waals surface area contributed by atoms with Crippen molar-refractivity contribution in [2.75, 3.05) is 32.9 Å². The fourth-order valence-electron chi connectivity index (χ4n) is 2.68. The summed E-state index contributed by atoms with van der Waals surface area (Å²) in [6, 6.07) is 4.43. The average Bonchev–Trinajstić information content (AvgIpc) is 3.06. The minimum absolute atomic E-state index is 0.103. The Balaban J connectivity index is 1.93. The zero-order valence-electron chi connectivity index (χ0n) is 13.4. The van der Waals surface area contributed by atoms with Crippen LogP contribution < -0.4 is 0 Å².